The van der Waals surface area contributed by atoms with Gasteiger partial charge in [-0.15, -0.1) is 11.6 Å². The van der Waals surface area contributed by atoms with Crippen molar-refractivity contribution in [1.29, 1.82) is 0 Å². The molecule has 1 aromatic rings. The van der Waals surface area contributed by atoms with Crippen molar-refractivity contribution in [3.63, 3.8) is 0 Å². The van der Waals surface area contributed by atoms with Gasteiger partial charge in [0.05, 0.1) is 7.11 Å². The van der Waals surface area contributed by atoms with Gasteiger partial charge in [0.2, 0.25) is 0 Å². The Morgan fingerprint density at radius 3 is 2.83 bits per heavy atom. The fraction of sp³-hybridized carbons (Fsp3) is 0.600. The highest BCUT2D eigenvalue weighted by Crippen LogP contribution is 2.33. The predicted molar refractivity (Wildman–Crippen MR) is 80.6 cm³/mol. The molecule has 0 N–H and O–H groups in total. The van der Waals surface area contributed by atoms with Crippen LogP contribution in [0.3, 0.4) is 0 Å². The van der Waals surface area contributed by atoms with E-state index in [9.17, 15) is 0 Å². The van der Waals surface area contributed by atoms with Crippen LogP contribution < -0.4 is 4.74 Å². The van der Waals surface area contributed by atoms with E-state index in [0.717, 1.165) is 23.1 Å². The maximum absolute atomic E-state index is 6.52. The molecule has 2 rings (SSSR count). The molecule has 1 nitrogen and oxygen atoms in total. The quantitative estimate of drug-likeness (QED) is 0.547. The molecule has 2 unspecified atom stereocenters. The van der Waals surface area contributed by atoms with Gasteiger partial charge in [0.1, 0.15) is 5.75 Å². The van der Waals surface area contributed by atoms with Crippen LogP contribution >= 0.6 is 27.5 Å². The molecule has 0 radical (unpaired) electrons. The molecule has 0 saturated heterocycles. The zero-order valence-electron chi connectivity index (χ0n) is 10.8. The Labute approximate surface area is 123 Å². The van der Waals surface area contributed by atoms with Crippen molar-refractivity contribution in [2.75, 3.05) is 7.11 Å². The lowest BCUT2D eigenvalue weighted by Gasteiger charge is -2.21. The van der Waals surface area contributed by atoms with Crippen LogP contribution in [0.15, 0.2) is 22.7 Å². The van der Waals surface area contributed by atoms with E-state index in [1.54, 1.807) is 7.11 Å². The summed E-state index contributed by atoms with van der Waals surface area (Å²) in [5.41, 5.74) is 1.27. The van der Waals surface area contributed by atoms with E-state index in [1.165, 1.54) is 31.2 Å². The second kappa shape index (κ2) is 6.81. The van der Waals surface area contributed by atoms with Crippen LogP contribution in [0.2, 0.25) is 0 Å². The first kappa shape index (κ1) is 14.2. The van der Waals surface area contributed by atoms with Gasteiger partial charge in [-0.25, -0.2) is 0 Å². The smallest absolute Gasteiger partial charge is 0.122 e. The molecule has 100 valence electrons. The molecule has 0 bridgehead atoms. The number of methoxy groups -OCH3 is 1. The normalized spacial score (nSPS) is 24.6. The first-order chi connectivity index (χ1) is 8.70. The molecule has 0 spiro atoms. The highest BCUT2D eigenvalue weighted by Gasteiger charge is 2.23. The highest BCUT2D eigenvalue weighted by molar-refractivity contribution is 9.10. The van der Waals surface area contributed by atoms with Gasteiger partial charge in [-0.05, 0) is 48.9 Å². The second-order valence-electron chi connectivity index (χ2n) is 5.07. The van der Waals surface area contributed by atoms with Crippen molar-refractivity contribution < 1.29 is 4.74 Å². The Morgan fingerprint density at radius 1 is 1.28 bits per heavy atom. The number of hydrogen-bond acceptors (Lipinski definition) is 1. The molecule has 3 heteroatoms. The van der Waals surface area contributed by atoms with Crippen LogP contribution in [0.1, 0.15) is 37.7 Å². The zero-order valence-corrected chi connectivity index (χ0v) is 13.1. The van der Waals surface area contributed by atoms with Gasteiger partial charge in [-0.1, -0.05) is 35.2 Å². The van der Waals surface area contributed by atoms with Gasteiger partial charge < -0.3 is 4.74 Å². The molecule has 1 fully saturated rings. The number of alkyl halides is 1. The van der Waals surface area contributed by atoms with Crippen LogP contribution in [0.4, 0.5) is 0 Å². The molecule has 0 aliphatic heterocycles. The number of halogens is 2. The third kappa shape index (κ3) is 3.64. The minimum atomic E-state index is 0.316. The van der Waals surface area contributed by atoms with Crippen molar-refractivity contribution >= 4 is 27.5 Å². The zero-order chi connectivity index (χ0) is 13.0. The summed E-state index contributed by atoms with van der Waals surface area (Å²) < 4.78 is 6.55. The summed E-state index contributed by atoms with van der Waals surface area (Å²) in [6.07, 6.45) is 7.34. The summed E-state index contributed by atoms with van der Waals surface area (Å²) in [5.74, 6) is 1.56. The van der Waals surface area contributed by atoms with Crippen LogP contribution in [0, 0.1) is 5.92 Å². The van der Waals surface area contributed by atoms with Crippen LogP contribution in [0.5, 0.6) is 5.75 Å². The van der Waals surface area contributed by atoms with Crippen molar-refractivity contribution in [2.24, 2.45) is 5.92 Å². The standard InChI is InChI=1S/C15H20BrClO/c1-18-15-8-7-13(16)10-12(15)9-11-5-3-2-4-6-14(11)17/h7-8,10-11,14H,2-6,9H2,1H3. The van der Waals surface area contributed by atoms with E-state index in [2.05, 4.69) is 22.0 Å². The van der Waals surface area contributed by atoms with Crippen molar-refractivity contribution in [1.82, 2.24) is 0 Å². The molecule has 0 heterocycles. The van der Waals surface area contributed by atoms with E-state index in [0.29, 0.717) is 11.3 Å². The van der Waals surface area contributed by atoms with Gasteiger partial charge in [0.15, 0.2) is 0 Å². The first-order valence-corrected chi connectivity index (χ1v) is 7.90. The molecule has 0 aromatic heterocycles. The highest BCUT2D eigenvalue weighted by atomic mass is 79.9. The van der Waals surface area contributed by atoms with E-state index in [-0.39, 0.29) is 0 Å². The van der Waals surface area contributed by atoms with E-state index < -0.39 is 0 Å². The maximum atomic E-state index is 6.52. The predicted octanol–water partition coefficient (Wildman–Crippen LogP) is 5.19. The Bertz CT molecular complexity index is 394. The summed E-state index contributed by atoms with van der Waals surface area (Å²) in [6.45, 7) is 0. The van der Waals surface area contributed by atoms with Crippen molar-refractivity contribution in [3.8, 4) is 5.75 Å². The van der Waals surface area contributed by atoms with E-state index >= 15 is 0 Å². The topological polar surface area (TPSA) is 9.23 Å². The lowest BCUT2D eigenvalue weighted by atomic mass is 9.91. The fourth-order valence-corrected chi connectivity index (χ4v) is 3.54. The number of rotatable bonds is 3. The third-order valence-corrected chi connectivity index (χ3v) is 4.86. The SMILES string of the molecule is COc1ccc(Br)cc1CC1CCCCCC1Cl. The largest absolute Gasteiger partial charge is 0.496 e. The Morgan fingerprint density at radius 2 is 2.06 bits per heavy atom. The minimum absolute atomic E-state index is 0.316. The molecule has 1 aliphatic carbocycles. The molecular formula is C15H20BrClO. The number of hydrogen-bond donors (Lipinski definition) is 0. The first-order valence-electron chi connectivity index (χ1n) is 6.67. The van der Waals surface area contributed by atoms with Gasteiger partial charge in [-0.2, -0.15) is 0 Å². The molecular weight excluding hydrogens is 312 g/mol. The summed E-state index contributed by atoms with van der Waals surface area (Å²) in [4.78, 5) is 0. The third-order valence-electron chi connectivity index (χ3n) is 3.79. The summed E-state index contributed by atoms with van der Waals surface area (Å²) >= 11 is 10.1. The van der Waals surface area contributed by atoms with Gasteiger partial charge in [0, 0.05) is 9.85 Å². The molecule has 18 heavy (non-hydrogen) atoms. The summed E-state index contributed by atoms with van der Waals surface area (Å²) in [7, 11) is 1.73. The molecule has 1 saturated carbocycles. The minimum Gasteiger partial charge on any atom is -0.496 e. The van der Waals surface area contributed by atoms with Crippen molar-refractivity contribution in [2.45, 2.75) is 43.9 Å². The van der Waals surface area contributed by atoms with Crippen molar-refractivity contribution in [3.05, 3.63) is 28.2 Å². The Balaban J connectivity index is 2.13. The fourth-order valence-electron chi connectivity index (χ4n) is 2.76. The van der Waals surface area contributed by atoms with Gasteiger partial charge in [0.25, 0.3) is 0 Å². The van der Waals surface area contributed by atoms with E-state index in [1.807, 2.05) is 12.1 Å². The maximum Gasteiger partial charge on any atom is 0.122 e. The lowest BCUT2D eigenvalue weighted by molar-refractivity contribution is 0.398. The molecule has 2 atom stereocenters. The Kier molecular flexibility index (Phi) is 5.38. The Hall–Kier alpha value is -0.210. The summed E-state index contributed by atoms with van der Waals surface area (Å²) in [5, 5.41) is 0.316. The van der Waals surface area contributed by atoms with Crippen LogP contribution in [-0.4, -0.2) is 12.5 Å². The lowest BCUT2D eigenvalue weighted by Crippen LogP contribution is -2.16. The van der Waals surface area contributed by atoms with E-state index in [4.69, 9.17) is 16.3 Å². The van der Waals surface area contributed by atoms with Gasteiger partial charge in [-0.3, -0.25) is 0 Å². The van der Waals surface area contributed by atoms with Gasteiger partial charge >= 0.3 is 0 Å². The molecule has 1 aromatic carbocycles. The average Bonchev–Trinajstić information content (AvgIpc) is 2.55. The van der Waals surface area contributed by atoms with Crippen LogP contribution in [-0.2, 0) is 6.42 Å². The molecule has 0 amide bonds. The monoisotopic (exact) mass is 330 g/mol. The second-order valence-corrected chi connectivity index (χ2v) is 6.55. The summed E-state index contributed by atoms with van der Waals surface area (Å²) in [6, 6.07) is 6.21. The number of ether oxygens (including phenoxy) is 1. The average molecular weight is 332 g/mol. The number of benzene rings is 1. The molecule has 1 aliphatic rings. The van der Waals surface area contributed by atoms with Crippen LogP contribution in [0.25, 0.3) is 0 Å².